The molecule has 16 nitrogen and oxygen atoms in total. The fraction of sp³-hybridized carbons (Fsp3) is 0.588. The highest BCUT2D eigenvalue weighted by molar-refractivity contribution is 5.94. The minimum atomic E-state index is -1.69. The minimum Gasteiger partial charge on any atom is -0.481 e. The van der Waals surface area contributed by atoms with Crippen LogP contribution in [0.1, 0.15) is 32.1 Å². The van der Waals surface area contributed by atoms with Gasteiger partial charge in [-0.15, -0.1) is 0 Å². The summed E-state index contributed by atoms with van der Waals surface area (Å²) in [5, 5.41) is 24.7. The Kier molecular flexibility index (Phi) is 13.2. The van der Waals surface area contributed by atoms with E-state index in [-0.39, 0.29) is 25.3 Å². The first-order valence-corrected chi connectivity index (χ1v) is 9.75. The van der Waals surface area contributed by atoms with Gasteiger partial charge in [0.25, 0.3) is 0 Å². The minimum absolute atomic E-state index is 0.0427. The average Bonchev–Trinajstić information content (AvgIpc) is 2.71. The molecule has 0 aromatic carbocycles. The zero-order valence-electron chi connectivity index (χ0n) is 17.8. The molecule has 0 aliphatic carbocycles. The molecule has 0 heterocycles. The lowest BCUT2D eigenvalue weighted by Crippen LogP contribution is -2.56. The van der Waals surface area contributed by atoms with Gasteiger partial charge in [-0.1, -0.05) is 0 Å². The molecule has 0 rings (SSSR count). The molecular formula is C17H30N8O8. The second kappa shape index (κ2) is 15.0. The van der Waals surface area contributed by atoms with Crippen LogP contribution in [0.4, 0.5) is 0 Å². The topological polar surface area (TPSA) is 295 Å². The largest absolute Gasteiger partial charge is 0.481 e. The van der Waals surface area contributed by atoms with Gasteiger partial charge in [0.15, 0.2) is 5.96 Å². The van der Waals surface area contributed by atoms with E-state index in [2.05, 4.69) is 15.6 Å². The zero-order valence-corrected chi connectivity index (χ0v) is 17.8. The van der Waals surface area contributed by atoms with Crippen molar-refractivity contribution in [1.82, 2.24) is 16.0 Å². The Bertz CT molecular complexity index is 768. The van der Waals surface area contributed by atoms with Crippen molar-refractivity contribution in [3.63, 3.8) is 0 Å². The molecule has 0 bridgehead atoms. The average molecular weight is 474 g/mol. The van der Waals surface area contributed by atoms with Gasteiger partial charge in [-0.25, -0.2) is 4.79 Å². The van der Waals surface area contributed by atoms with Gasteiger partial charge in [-0.2, -0.15) is 0 Å². The van der Waals surface area contributed by atoms with Gasteiger partial charge in [-0.05, 0) is 19.3 Å². The number of carboxylic acid groups (broad SMARTS) is 2. The standard InChI is InChI=1S/C17H30N8O8/c18-7-12(27)23-8(2-1-5-22-17(20)21)14(30)24-9(3-4-13(28)29)15(31)25-10(16(32)33)6-11(19)26/h8-10H,1-7,18H2,(H2,19,26)(H,23,27)(H,24,30)(H,25,31)(H,28,29)(H,32,33)(H4,20,21,22). The maximum absolute atomic E-state index is 12.7. The Morgan fingerprint density at radius 2 is 1.36 bits per heavy atom. The number of hydrogen-bond acceptors (Lipinski definition) is 8. The zero-order chi connectivity index (χ0) is 25.6. The number of carbonyl (C=O) groups is 6. The SMILES string of the molecule is NCC(=O)NC(CCCN=C(N)N)C(=O)NC(CCC(=O)O)C(=O)NC(CC(N)=O)C(=O)O. The third kappa shape index (κ3) is 13.1. The Morgan fingerprint density at radius 3 is 1.82 bits per heavy atom. The van der Waals surface area contributed by atoms with Gasteiger partial charge in [0.1, 0.15) is 18.1 Å². The summed E-state index contributed by atoms with van der Waals surface area (Å²) in [6.45, 7) is -0.283. The molecule has 4 amide bonds. The summed E-state index contributed by atoms with van der Waals surface area (Å²) in [4.78, 5) is 73.9. The number of amides is 4. The molecule has 33 heavy (non-hydrogen) atoms. The molecular weight excluding hydrogens is 444 g/mol. The number of nitrogens with two attached hydrogens (primary N) is 4. The third-order valence-corrected chi connectivity index (χ3v) is 4.08. The summed E-state index contributed by atoms with van der Waals surface area (Å²) in [6.07, 6.45) is -1.37. The van der Waals surface area contributed by atoms with Crippen molar-refractivity contribution >= 4 is 41.5 Å². The van der Waals surface area contributed by atoms with E-state index in [0.29, 0.717) is 0 Å². The second-order valence-electron chi connectivity index (χ2n) is 6.84. The highest BCUT2D eigenvalue weighted by Gasteiger charge is 2.30. The molecule has 186 valence electrons. The van der Waals surface area contributed by atoms with Crippen LogP contribution in [0, 0.1) is 0 Å². The molecule has 0 saturated carbocycles. The normalized spacial score (nSPS) is 13.0. The van der Waals surface area contributed by atoms with Crippen LogP contribution in [0.3, 0.4) is 0 Å². The summed E-state index contributed by atoms with van der Waals surface area (Å²) < 4.78 is 0. The van der Waals surface area contributed by atoms with Crippen molar-refractivity contribution < 1.29 is 39.0 Å². The van der Waals surface area contributed by atoms with Crippen molar-refractivity contribution in [1.29, 1.82) is 0 Å². The van der Waals surface area contributed by atoms with Crippen molar-refractivity contribution in [2.75, 3.05) is 13.1 Å². The Hall–Kier alpha value is -3.95. The van der Waals surface area contributed by atoms with Gasteiger partial charge in [0.2, 0.25) is 23.6 Å². The van der Waals surface area contributed by atoms with E-state index >= 15 is 0 Å². The van der Waals surface area contributed by atoms with E-state index in [4.69, 9.17) is 33.1 Å². The van der Waals surface area contributed by atoms with E-state index in [1.54, 1.807) is 0 Å². The first-order chi connectivity index (χ1) is 15.4. The van der Waals surface area contributed by atoms with E-state index in [1.165, 1.54) is 0 Å². The molecule has 0 aromatic heterocycles. The summed E-state index contributed by atoms with van der Waals surface area (Å²) >= 11 is 0. The molecule has 16 heteroatoms. The lowest BCUT2D eigenvalue weighted by Gasteiger charge is -2.24. The summed E-state index contributed by atoms with van der Waals surface area (Å²) in [5.74, 6) is -6.58. The highest BCUT2D eigenvalue weighted by Crippen LogP contribution is 2.05. The smallest absolute Gasteiger partial charge is 0.326 e. The summed E-state index contributed by atoms with van der Waals surface area (Å²) in [7, 11) is 0. The summed E-state index contributed by atoms with van der Waals surface area (Å²) in [5.41, 5.74) is 20.6. The van der Waals surface area contributed by atoms with Crippen molar-refractivity contribution in [2.45, 2.75) is 50.2 Å². The predicted molar refractivity (Wildman–Crippen MR) is 113 cm³/mol. The highest BCUT2D eigenvalue weighted by atomic mass is 16.4. The molecule has 0 spiro atoms. The van der Waals surface area contributed by atoms with Crippen LogP contribution >= 0.6 is 0 Å². The fourth-order valence-electron chi connectivity index (χ4n) is 2.51. The molecule has 3 unspecified atom stereocenters. The van der Waals surface area contributed by atoms with Crippen LogP contribution in [0.15, 0.2) is 4.99 Å². The molecule has 0 fully saturated rings. The van der Waals surface area contributed by atoms with E-state index in [9.17, 15) is 28.8 Å². The Balaban J connectivity index is 5.47. The number of primary amides is 1. The molecule has 13 N–H and O–H groups in total. The number of carbonyl (C=O) groups excluding carboxylic acids is 4. The van der Waals surface area contributed by atoms with Crippen LogP contribution in [-0.2, 0) is 28.8 Å². The molecule has 0 aliphatic heterocycles. The van der Waals surface area contributed by atoms with Crippen LogP contribution in [0.2, 0.25) is 0 Å². The number of aliphatic carboxylic acids is 2. The Labute approximate surface area is 188 Å². The van der Waals surface area contributed by atoms with Crippen LogP contribution in [-0.4, -0.2) is 83.0 Å². The van der Waals surface area contributed by atoms with E-state index in [1.807, 2.05) is 5.32 Å². The van der Waals surface area contributed by atoms with Crippen molar-refractivity contribution in [3.05, 3.63) is 0 Å². The van der Waals surface area contributed by atoms with Crippen LogP contribution < -0.4 is 38.9 Å². The number of carboxylic acids is 2. The van der Waals surface area contributed by atoms with Crippen molar-refractivity contribution in [2.24, 2.45) is 27.9 Å². The molecule has 0 radical (unpaired) electrons. The second-order valence-corrected chi connectivity index (χ2v) is 6.84. The van der Waals surface area contributed by atoms with E-state index < -0.39 is 79.5 Å². The lowest BCUT2D eigenvalue weighted by atomic mass is 10.1. The first kappa shape index (κ1) is 29.0. The number of hydrogen-bond donors (Lipinski definition) is 9. The van der Waals surface area contributed by atoms with Gasteiger partial charge >= 0.3 is 11.9 Å². The summed E-state index contributed by atoms with van der Waals surface area (Å²) in [6, 6.07) is -4.35. The number of rotatable bonds is 16. The molecule has 0 saturated heterocycles. The monoisotopic (exact) mass is 474 g/mol. The maximum Gasteiger partial charge on any atom is 0.326 e. The van der Waals surface area contributed by atoms with Gasteiger partial charge in [0.05, 0.1) is 13.0 Å². The quantitative estimate of drug-likeness (QED) is 0.0581. The molecule has 0 aliphatic rings. The number of guanidine groups is 1. The Morgan fingerprint density at radius 1 is 0.818 bits per heavy atom. The van der Waals surface area contributed by atoms with Crippen LogP contribution in [0.25, 0.3) is 0 Å². The molecule has 3 atom stereocenters. The van der Waals surface area contributed by atoms with Gasteiger partial charge in [-0.3, -0.25) is 29.0 Å². The van der Waals surface area contributed by atoms with Crippen LogP contribution in [0.5, 0.6) is 0 Å². The van der Waals surface area contributed by atoms with Gasteiger partial charge < -0.3 is 49.1 Å². The molecule has 0 aromatic rings. The van der Waals surface area contributed by atoms with Crippen molar-refractivity contribution in [3.8, 4) is 0 Å². The number of nitrogens with zero attached hydrogens (tertiary/aromatic N) is 1. The lowest BCUT2D eigenvalue weighted by molar-refractivity contribution is -0.144. The van der Waals surface area contributed by atoms with Gasteiger partial charge in [0, 0.05) is 13.0 Å². The number of aliphatic imine (C=N–C) groups is 1. The van der Waals surface area contributed by atoms with E-state index in [0.717, 1.165) is 0 Å². The first-order valence-electron chi connectivity index (χ1n) is 9.75. The fourth-order valence-corrected chi connectivity index (χ4v) is 2.51. The maximum atomic E-state index is 12.7. The third-order valence-electron chi connectivity index (χ3n) is 4.08. The number of nitrogens with one attached hydrogen (secondary N) is 3. The predicted octanol–water partition coefficient (Wildman–Crippen LogP) is -4.72.